The van der Waals surface area contributed by atoms with Crippen molar-refractivity contribution >= 4 is 23.1 Å². The van der Waals surface area contributed by atoms with E-state index in [9.17, 15) is 4.79 Å². The molecule has 0 unspecified atom stereocenters. The maximum atomic E-state index is 11.5. The Hall–Kier alpha value is -2.65. The van der Waals surface area contributed by atoms with Crippen molar-refractivity contribution in [2.45, 2.75) is 13.5 Å². The van der Waals surface area contributed by atoms with Gasteiger partial charge in [-0.15, -0.1) is 0 Å². The van der Waals surface area contributed by atoms with Crippen molar-refractivity contribution in [3.05, 3.63) is 88.2 Å². The number of nitrogens with zero attached hydrogens (tertiary/aromatic N) is 2. The molecule has 0 bridgehead atoms. The molecular formula is C20H15ClN2O. The van der Waals surface area contributed by atoms with Crippen molar-refractivity contribution in [2.24, 2.45) is 4.99 Å². The Morgan fingerprint density at radius 2 is 1.88 bits per heavy atom. The predicted molar refractivity (Wildman–Crippen MR) is 96.6 cm³/mol. The highest BCUT2D eigenvalue weighted by Crippen LogP contribution is 2.29. The predicted octanol–water partition coefficient (Wildman–Crippen LogP) is 4.68. The number of aromatic nitrogens is 1. The van der Waals surface area contributed by atoms with Gasteiger partial charge < -0.3 is 4.57 Å². The summed E-state index contributed by atoms with van der Waals surface area (Å²) in [4.78, 5) is 16.3. The zero-order valence-electron chi connectivity index (χ0n) is 13.2. The zero-order valence-corrected chi connectivity index (χ0v) is 13.9. The molecular weight excluding hydrogens is 320 g/mol. The number of carbonyl (C=O) groups excluding carboxylic acids is 1. The first-order valence-corrected chi connectivity index (χ1v) is 8.14. The molecule has 24 heavy (non-hydrogen) atoms. The SMILES string of the molecule is CC(=O)c1ccc(C2=NCc3c(Cl)cccc3-n3cccc32)cc1. The number of halogens is 1. The maximum absolute atomic E-state index is 11.5. The maximum Gasteiger partial charge on any atom is 0.159 e. The van der Waals surface area contributed by atoms with Crippen LogP contribution in [0.3, 0.4) is 0 Å². The number of hydrogen-bond acceptors (Lipinski definition) is 2. The number of rotatable bonds is 2. The number of aliphatic imine (C=N–C) groups is 1. The highest BCUT2D eigenvalue weighted by atomic mass is 35.5. The summed E-state index contributed by atoms with van der Waals surface area (Å²) in [6, 6.07) is 17.6. The molecule has 4 heteroatoms. The third kappa shape index (κ3) is 2.38. The Balaban J connectivity index is 1.87. The van der Waals surface area contributed by atoms with Crippen LogP contribution in [0.4, 0.5) is 0 Å². The minimum atomic E-state index is 0.0620. The van der Waals surface area contributed by atoms with Crippen molar-refractivity contribution in [3.8, 4) is 5.69 Å². The summed E-state index contributed by atoms with van der Waals surface area (Å²) in [7, 11) is 0. The van der Waals surface area contributed by atoms with Crippen LogP contribution in [0.1, 0.15) is 34.1 Å². The third-order valence-electron chi connectivity index (χ3n) is 4.31. The largest absolute Gasteiger partial charge is 0.315 e. The molecule has 0 saturated heterocycles. The smallest absolute Gasteiger partial charge is 0.159 e. The number of ketones is 1. The lowest BCUT2D eigenvalue weighted by molar-refractivity contribution is 0.101. The highest BCUT2D eigenvalue weighted by molar-refractivity contribution is 6.31. The lowest BCUT2D eigenvalue weighted by atomic mass is 10.0. The number of hydrogen-bond donors (Lipinski definition) is 0. The molecule has 118 valence electrons. The summed E-state index contributed by atoms with van der Waals surface area (Å²) >= 11 is 6.38. The summed E-state index contributed by atoms with van der Waals surface area (Å²) in [5, 5.41) is 0.726. The molecule has 0 saturated carbocycles. The van der Waals surface area contributed by atoms with Crippen molar-refractivity contribution in [1.82, 2.24) is 4.57 Å². The van der Waals surface area contributed by atoms with E-state index in [1.54, 1.807) is 6.92 Å². The minimum Gasteiger partial charge on any atom is -0.315 e. The van der Waals surface area contributed by atoms with Crippen LogP contribution < -0.4 is 0 Å². The average Bonchev–Trinajstić information content (AvgIpc) is 3.00. The standard InChI is InChI=1S/C20H15ClN2O/c1-13(24)14-7-9-15(10-8-14)20-19-6-3-11-23(19)18-5-2-4-17(21)16(18)12-22-20/h2-11H,12H2,1H3. The van der Waals surface area contributed by atoms with E-state index in [2.05, 4.69) is 10.6 Å². The van der Waals surface area contributed by atoms with Crippen molar-refractivity contribution in [3.63, 3.8) is 0 Å². The summed E-state index contributed by atoms with van der Waals surface area (Å²) in [5.41, 5.74) is 5.70. The van der Waals surface area contributed by atoms with Gasteiger partial charge in [0.05, 0.1) is 23.6 Å². The first-order valence-electron chi connectivity index (χ1n) is 7.76. The topological polar surface area (TPSA) is 34.4 Å². The van der Waals surface area contributed by atoms with E-state index in [4.69, 9.17) is 16.6 Å². The van der Waals surface area contributed by atoms with Gasteiger partial charge in [0.25, 0.3) is 0 Å². The molecule has 1 aromatic heterocycles. The Morgan fingerprint density at radius 1 is 1.08 bits per heavy atom. The molecule has 1 aliphatic rings. The second-order valence-electron chi connectivity index (χ2n) is 5.80. The lowest BCUT2D eigenvalue weighted by Gasteiger charge is -2.11. The van der Waals surface area contributed by atoms with Gasteiger partial charge in [-0.05, 0) is 31.2 Å². The van der Waals surface area contributed by atoms with Crippen LogP contribution >= 0.6 is 11.6 Å². The van der Waals surface area contributed by atoms with Gasteiger partial charge in [-0.25, -0.2) is 0 Å². The zero-order chi connectivity index (χ0) is 16.7. The number of Topliss-reactive ketones (excluding diaryl/α,β-unsaturated/α-hetero) is 1. The molecule has 0 spiro atoms. The fraction of sp³-hybridized carbons (Fsp3) is 0.100. The number of fused-ring (bicyclic) bond motifs is 3. The summed E-state index contributed by atoms with van der Waals surface area (Å²) < 4.78 is 2.12. The number of carbonyl (C=O) groups is 1. The van der Waals surface area contributed by atoms with Gasteiger partial charge >= 0.3 is 0 Å². The molecule has 0 atom stereocenters. The molecule has 3 nitrogen and oxygen atoms in total. The van der Waals surface area contributed by atoms with E-state index in [0.717, 1.165) is 33.2 Å². The second kappa shape index (κ2) is 5.77. The highest BCUT2D eigenvalue weighted by Gasteiger charge is 2.19. The van der Waals surface area contributed by atoms with E-state index in [0.29, 0.717) is 12.1 Å². The molecule has 0 fully saturated rings. The van der Waals surface area contributed by atoms with Gasteiger partial charge in [-0.2, -0.15) is 0 Å². The molecule has 0 N–H and O–H groups in total. The van der Waals surface area contributed by atoms with Gasteiger partial charge in [0.2, 0.25) is 0 Å². The molecule has 3 aromatic rings. The molecule has 2 heterocycles. The Bertz CT molecular complexity index is 968. The van der Waals surface area contributed by atoms with Crippen LogP contribution in [-0.2, 0) is 6.54 Å². The lowest BCUT2D eigenvalue weighted by Crippen LogP contribution is -2.08. The molecule has 0 radical (unpaired) electrons. The second-order valence-corrected chi connectivity index (χ2v) is 6.21. The van der Waals surface area contributed by atoms with E-state index < -0.39 is 0 Å². The third-order valence-corrected chi connectivity index (χ3v) is 4.66. The van der Waals surface area contributed by atoms with Gasteiger partial charge in [0.15, 0.2) is 5.78 Å². The fourth-order valence-electron chi connectivity index (χ4n) is 3.05. The molecule has 2 aromatic carbocycles. The first-order chi connectivity index (χ1) is 11.6. The average molecular weight is 335 g/mol. The summed E-state index contributed by atoms with van der Waals surface area (Å²) in [6.45, 7) is 2.10. The Kier molecular flexibility index (Phi) is 3.58. The van der Waals surface area contributed by atoms with E-state index in [1.807, 2.05) is 54.7 Å². The van der Waals surface area contributed by atoms with Crippen LogP contribution in [0.5, 0.6) is 0 Å². The van der Waals surface area contributed by atoms with Crippen LogP contribution in [0.25, 0.3) is 5.69 Å². The van der Waals surface area contributed by atoms with Gasteiger partial charge in [0.1, 0.15) is 0 Å². The van der Waals surface area contributed by atoms with Gasteiger partial charge in [0, 0.05) is 27.9 Å². The van der Waals surface area contributed by atoms with Crippen LogP contribution in [0.2, 0.25) is 5.02 Å². The molecule has 0 amide bonds. The van der Waals surface area contributed by atoms with E-state index >= 15 is 0 Å². The molecule has 1 aliphatic heterocycles. The quantitative estimate of drug-likeness (QED) is 0.626. The van der Waals surface area contributed by atoms with Crippen molar-refractivity contribution in [1.29, 1.82) is 0 Å². The van der Waals surface area contributed by atoms with E-state index in [1.165, 1.54) is 0 Å². The van der Waals surface area contributed by atoms with Crippen molar-refractivity contribution in [2.75, 3.05) is 0 Å². The van der Waals surface area contributed by atoms with Crippen LogP contribution in [0.15, 0.2) is 65.8 Å². The van der Waals surface area contributed by atoms with Crippen molar-refractivity contribution < 1.29 is 4.79 Å². The minimum absolute atomic E-state index is 0.0620. The normalized spacial score (nSPS) is 12.8. The van der Waals surface area contributed by atoms with Gasteiger partial charge in [-0.3, -0.25) is 9.79 Å². The van der Waals surface area contributed by atoms with Crippen LogP contribution in [0, 0.1) is 0 Å². The van der Waals surface area contributed by atoms with Gasteiger partial charge in [-0.1, -0.05) is 41.9 Å². The number of benzene rings is 2. The molecule has 0 aliphatic carbocycles. The molecule has 4 rings (SSSR count). The van der Waals surface area contributed by atoms with E-state index in [-0.39, 0.29) is 5.78 Å². The summed E-state index contributed by atoms with van der Waals surface area (Å²) in [6.07, 6.45) is 2.02. The monoisotopic (exact) mass is 334 g/mol. The Labute approximate surface area is 145 Å². The Morgan fingerprint density at radius 3 is 2.62 bits per heavy atom. The fourth-order valence-corrected chi connectivity index (χ4v) is 3.28. The first kappa shape index (κ1) is 14.9. The summed E-state index contributed by atoms with van der Waals surface area (Å²) in [5.74, 6) is 0.0620. The van der Waals surface area contributed by atoms with Crippen LogP contribution in [-0.4, -0.2) is 16.1 Å².